The molecule has 0 saturated carbocycles. The van der Waals surface area contributed by atoms with Gasteiger partial charge in [-0.3, -0.25) is 4.79 Å². The first kappa shape index (κ1) is 23.0. The van der Waals surface area contributed by atoms with Crippen molar-refractivity contribution < 1.29 is 17.7 Å². The number of hydrogen-bond acceptors (Lipinski definition) is 8. The number of nitrogens with one attached hydrogen (secondary N) is 1. The maximum Gasteiger partial charge on any atom is 0.248 e. The molecule has 1 atom stereocenters. The highest BCUT2D eigenvalue weighted by Gasteiger charge is 2.36. The van der Waals surface area contributed by atoms with Gasteiger partial charge in [-0.2, -0.15) is 4.31 Å². The van der Waals surface area contributed by atoms with E-state index in [9.17, 15) is 13.2 Å². The molecule has 8 nitrogen and oxygen atoms in total. The Kier molecular flexibility index (Phi) is 6.70. The van der Waals surface area contributed by atoms with Crippen LogP contribution in [-0.4, -0.2) is 41.9 Å². The van der Waals surface area contributed by atoms with E-state index < -0.39 is 15.9 Å². The van der Waals surface area contributed by atoms with Crippen LogP contribution in [0.5, 0.6) is 0 Å². The van der Waals surface area contributed by atoms with Gasteiger partial charge in [0.1, 0.15) is 10.6 Å². The highest BCUT2D eigenvalue weighted by Crippen LogP contribution is 2.31. The Balaban J connectivity index is 1.40. The molecule has 170 valence electrons. The van der Waals surface area contributed by atoms with Crippen LogP contribution in [-0.2, 0) is 14.8 Å². The van der Waals surface area contributed by atoms with Crippen molar-refractivity contribution in [3.63, 3.8) is 0 Å². The minimum atomic E-state index is -3.76. The minimum absolute atomic E-state index is 0.0991. The molecule has 1 fully saturated rings. The third-order valence-electron chi connectivity index (χ3n) is 5.25. The van der Waals surface area contributed by atoms with Crippen molar-refractivity contribution in [2.45, 2.75) is 47.7 Å². The van der Waals surface area contributed by atoms with E-state index in [1.165, 1.54) is 4.31 Å². The first-order chi connectivity index (χ1) is 15.2. The maximum atomic E-state index is 13.1. The summed E-state index contributed by atoms with van der Waals surface area (Å²) < 4.78 is 33.6. The number of carbonyl (C=O) groups is 1. The number of sulfonamides is 1. The number of anilines is 1. The lowest BCUT2D eigenvalue weighted by Gasteiger charge is -2.31. The van der Waals surface area contributed by atoms with E-state index in [1.54, 1.807) is 36.9 Å². The summed E-state index contributed by atoms with van der Waals surface area (Å²) in [5.41, 5.74) is 2.01. The lowest BCUT2D eigenvalue weighted by molar-refractivity contribution is -0.120. The van der Waals surface area contributed by atoms with Gasteiger partial charge in [-0.1, -0.05) is 16.9 Å². The number of thiazole rings is 1. The van der Waals surface area contributed by atoms with Gasteiger partial charge in [0.15, 0.2) is 10.1 Å². The molecule has 2 aromatic heterocycles. The molecule has 1 aromatic carbocycles. The molecule has 1 unspecified atom stereocenters. The number of benzene rings is 1. The Morgan fingerprint density at radius 3 is 2.62 bits per heavy atom. The summed E-state index contributed by atoms with van der Waals surface area (Å²) in [6, 6.07) is 7.57. The van der Waals surface area contributed by atoms with Gasteiger partial charge >= 0.3 is 0 Å². The number of amides is 1. The topological polar surface area (TPSA) is 105 Å². The van der Waals surface area contributed by atoms with E-state index in [0.717, 1.165) is 14.9 Å². The van der Waals surface area contributed by atoms with Crippen molar-refractivity contribution in [2.75, 3.05) is 18.4 Å². The Bertz CT molecular complexity index is 1200. The molecule has 3 aromatic rings. The minimum Gasteiger partial charge on any atom is -0.360 e. The number of piperidine rings is 1. The molecule has 11 heteroatoms. The highest BCUT2D eigenvalue weighted by molar-refractivity contribution is 8.01. The fourth-order valence-electron chi connectivity index (χ4n) is 3.68. The summed E-state index contributed by atoms with van der Waals surface area (Å²) in [5, 5.41) is 8.69. The first-order valence-corrected chi connectivity index (χ1v) is 13.3. The molecule has 0 bridgehead atoms. The van der Waals surface area contributed by atoms with Crippen LogP contribution in [0.4, 0.5) is 5.69 Å². The van der Waals surface area contributed by atoms with Crippen molar-refractivity contribution >= 4 is 44.7 Å². The highest BCUT2D eigenvalue weighted by atomic mass is 32.2. The second-order valence-electron chi connectivity index (χ2n) is 7.73. The normalized spacial score (nSPS) is 17.4. The van der Waals surface area contributed by atoms with E-state index >= 15 is 0 Å². The third kappa shape index (κ3) is 4.90. The van der Waals surface area contributed by atoms with Crippen molar-refractivity contribution in [3.05, 3.63) is 46.8 Å². The van der Waals surface area contributed by atoms with Gasteiger partial charge in [-0.15, -0.1) is 11.3 Å². The van der Waals surface area contributed by atoms with Crippen LogP contribution in [0.2, 0.25) is 0 Å². The molecular formula is C21H24N4O4S3. The molecule has 1 aliphatic rings. The molecule has 0 radical (unpaired) electrons. The quantitative estimate of drug-likeness (QED) is 0.548. The lowest BCUT2D eigenvalue weighted by atomic mass is 9.99. The monoisotopic (exact) mass is 492 g/mol. The fourth-order valence-corrected chi connectivity index (χ4v) is 7.30. The zero-order valence-electron chi connectivity index (χ0n) is 18.0. The lowest BCUT2D eigenvalue weighted by Crippen LogP contribution is -2.43. The molecular weight excluding hydrogens is 468 g/mol. The van der Waals surface area contributed by atoms with Crippen LogP contribution in [0, 0.1) is 26.7 Å². The Morgan fingerprint density at radius 2 is 2.00 bits per heavy atom. The molecule has 1 saturated heterocycles. The average Bonchev–Trinajstić information content (AvgIpc) is 3.33. The summed E-state index contributed by atoms with van der Waals surface area (Å²) in [5.74, 6) is -0.342. The summed E-state index contributed by atoms with van der Waals surface area (Å²) in [6.45, 7) is 5.66. The molecule has 0 aliphatic carbocycles. The van der Waals surface area contributed by atoms with E-state index in [1.807, 2.05) is 36.6 Å². The van der Waals surface area contributed by atoms with Crippen LogP contribution in [0.25, 0.3) is 0 Å². The zero-order valence-corrected chi connectivity index (χ0v) is 20.4. The average molecular weight is 493 g/mol. The SMILES string of the molecule is Cc1csc(Sc2ccc(NC(=O)C3CCCN(S(=O)(=O)c4c(C)noc4C)C3)cc2)n1. The van der Waals surface area contributed by atoms with Gasteiger partial charge < -0.3 is 9.84 Å². The first-order valence-electron chi connectivity index (χ1n) is 10.2. The standard InChI is InChI=1S/C21H24N4O4S3/c1-13-12-30-21(22-13)31-18-8-6-17(7-9-18)23-20(26)16-5-4-10-25(11-16)32(27,28)19-14(2)24-29-15(19)3/h6-9,12,16H,4-5,10-11H2,1-3H3,(H,23,26). The van der Waals surface area contributed by atoms with Gasteiger partial charge in [-0.25, -0.2) is 13.4 Å². The summed E-state index contributed by atoms with van der Waals surface area (Å²) in [7, 11) is -3.76. The number of aryl methyl sites for hydroxylation is 3. The van der Waals surface area contributed by atoms with E-state index in [0.29, 0.717) is 30.8 Å². The third-order valence-corrected chi connectivity index (χ3v) is 9.42. The Morgan fingerprint density at radius 1 is 1.25 bits per heavy atom. The van der Waals surface area contributed by atoms with Crippen LogP contribution in [0.15, 0.2) is 48.3 Å². The smallest absolute Gasteiger partial charge is 0.248 e. The number of nitrogens with zero attached hydrogens (tertiary/aromatic N) is 3. The number of rotatable bonds is 6. The predicted octanol–water partition coefficient (Wildman–Crippen LogP) is 4.25. The summed E-state index contributed by atoms with van der Waals surface area (Å²) in [6.07, 6.45) is 1.25. The molecule has 3 heterocycles. The van der Waals surface area contributed by atoms with Crippen molar-refractivity contribution in [3.8, 4) is 0 Å². The Hall–Kier alpha value is -2.21. The van der Waals surface area contributed by atoms with Gasteiger partial charge in [0.05, 0.1) is 5.92 Å². The fraction of sp³-hybridized carbons (Fsp3) is 0.381. The van der Waals surface area contributed by atoms with E-state index in [-0.39, 0.29) is 23.1 Å². The van der Waals surface area contributed by atoms with E-state index in [4.69, 9.17) is 4.52 Å². The summed E-state index contributed by atoms with van der Waals surface area (Å²) >= 11 is 3.18. The van der Waals surface area contributed by atoms with Gasteiger partial charge in [0, 0.05) is 34.7 Å². The summed E-state index contributed by atoms with van der Waals surface area (Å²) in [4.78, 5) is 18.4. The van der Waals surface area contributed by atoms with Crippen LogP contribution in [0.1, 0.15) is 30.0 Å². The van der Waals surface area contributed by atoms with Gasteiger partial charge in [0.2, 0.25) is 15.9 Å². The van der Waals surface area contributed by atoms with E-state index in [2.05, 4.69) is 15.5 Å². The van der Waals surface area contributed by atoms with Gasteiger partial charge in [-0.05, 0) is 57.9 Å². The molecule has 4 rings (SSSR count). The number of carbonyl (C=O) groups excluding carboxylic acids is 1. The van der Waals surface area contributed by atoms with Crippen molar-refractivity contribution in [1.82, 2.24) is 14.4 Å². The van der Waals surface area contributed by atoms with Crippen molar-refractivity contribution in [2.24, 2.45) is 5.92 Å². The molecule has 32 heavy (non-hydrogen) atoms. The maximum absolute atomic E-state index is 13.1. The second-order valence-corrected chi connectivity index (χ2v) is 11.8. The Labute approximate surface area is 195 Å². The van der Waals surface area contributed by atoms with Crippen LogP contribution >= 0.6 is 23.1 Å². The number of aromatic nitrogens is 2. The van der Waals surface area contributed by atoms with Crippen molar-refractivity contribution in [1.29, 1.82) is 0 Å². The largest absolute Gasteiger partial charge is 0.360 e. The molecule has 1 aliphatic heterocycles. The van der Waals surface area contributed by atoms with Crippen LogP contribution < -0.4 is 5.32 Å². The molecule has 1 N–H and O–H groups in total. The predicted molar refractivity (Wildman–Crippen MR) is 124 cm³/mol. The molecule has 0 spiro atoms. The second kappa shape index (κ2) is 9.34. The zero-order chi connectivity index (χ0) is 22.9. The van der Waals surface area contributed by atoms with Gasteiger partial charge in [0.25, 0.3) is 0 Å². The number of hydrogen-bond donors (Lipinski definition) is 1. The molecule has 1 amide bonds. The van der Waals surface area contributed by atoms with Crippen LogP contribution in [0.3, 0.4) is 0 Å².